The van der Waals surface area contributed by atoms with Crippen LogP contribution in [0.1, 0.15) is 52.7 Å². The van der Waals surface area contributed by atoms with Crippen LogP contribution in [0.15, 0.2) is 18.2 Å². The minimum absolute atomic E-state index is 0.163. The van der Waals surface area contributed by atoms with Gasteiger partial charge < -0.3 is 4.43 Å². The molecule has 0 heterocycles. The second-order valence-electron chi connectivity index (χ2n) is 8.20. The second kappa shape index (κ2) is 6.03. The zero-order chi connectivity index (χ0) is 15.6. The Bertz CT molecular complexity index is 435. The highest BCUT2D eigenvalue weighted by Crippen LogP contribution is 2.36. The van der Waals surface area contributed by atoms with E-state index in [1.807, 2.05) is 0 Å². The molecule has 1 nitrogen and oxygen atoms in total. The molecule has 1 aromatic carbocycles. The Balaban J connectivity index is 2.64. The summed E-state index contributed by atoms with van der Waals surface area (Å²) in [5.41, 5.74) is 2.70. The molecule has 0 aliphatic heterocycles. The molecule has 0 saturated heterocycles. The van der Waals surface area contributed by atoms with E-state index in [0.717, 1.165) is 13.0 Å². The van der Waals surface area contributed by atoms with Gasteiger partial charge in [0.05, 0.1) is 0 Å². The van der Waals surface area contributed by atoms with E-state index in [9.17, 15) is 0 Å². The van der Waals surface area contributed by atoms with Gasteiger partial charge in [-0.05, 0) is 47.2 Å². The van der Waals surface area contributed by atoms with E-state index < -0.39 is 8.32 Å². The van der Waals surface area contributed by atoms with Gasteiger partial charge in [0.1, 0.15) is 0 Å². The summed E-state index contributed by atoms with van der Waals surface area (Å²) >= 11 is 0. The van der Waals surface area contributed by atoms with Gasteiger partial charge in [0.2, 0.25) is 0 Å². The van der Waals surface area contributed by atoms with Gasteiger partial charge in [-0.15, -0.1) is 0 Å². The van der Waals surface area contributed by atoms with Crippen molar-refractivity contribution in [2.24, 2.45) is 0 Å². The second-order valence-corrected chi connectivity index (χ2v) is 13.0. The molecule has 0 unspecified atom stereocenters. The first-order valence-electron chi connectivity index (χ1n) is 7.59. The van der Waals surface area contributed by atoms with Crippen LogP contribution in [0.2, 0.25) is 18.1 Å². The van der Waals surface area contributed by atoms with Crippen LogP contribution in [0.3, 0.4) is 0 Å². The predicted octanol–water partition coefficient (Wildman–Crippen LogP) is 5.35. The van der Waals surface area contributed by atoms with Crippen LogP contribution in [0.25, 0.3) is 0 Å². The largest absolute Gasteiger partial charge is 0.416 e. The summed E-state index contributed by atoms with van der Waals surface area (Å²) in [6.45, 7) is 19.0. The molecule has 1 rings (SSSR count). The molecule has 20 heavy (non-hydrogen) atoms. The first-order valence-corrected chi connectivity index (χ1v) is 10.5. The van der Waals surface area contributed by atoms with Crippen LogP contribution in [0.4, 0.5) is 0 Å². The molecule has 1 radical (unpaired) electrons. The van der Waals surface area contributed by atoms with Crippen molar-refractivity contribution in [3.8, 4) is 0 Å². The van der Waals surface area contributed by atoms with Crippen LogP contribution in [0.5, 0.6) is 0 Å². The number of hydrogen-bond donors (Lipinski definition) is 0. The zero-order valence-corrected chi connectivity index (χ0v) is 15.6. The lowest BCUT2D eigenvalue weighted by Gasteiger charge is -2.36. The molecule has 0 atom stereocenters. The van der Waals surface area contributed by atoms with E-state index >= 15 is 0 Å². The standard InChI is InChI=1S/C18H31OSi/c1-17(2,3)16-11-9-10-15(14-16)12-13-19-20(7,8)18(4,5)6/h9-11H,12-13H2,1-8H3. The van der Waals surface area contributed by atoms with Crippen molar-refractivity contribution in [3.05, 3.63) is 35.4 Å². The van der Waals surface area contributed by atoms with Gasteiger partial charge in [0.15, 0.2) is 8.32 Å². The van der Waals surface area contributed by atoms with Crippen LogP contribution < -0.4 is 0 Å². The molecule has 0 bridgehead atoms. The third-order valence-electron chi connectivity index (χ3n) is 4.30. The number of rotatable bonds is 4. The van der Waals surface area contributed by atoms with E-state index in [2.05, 4.69) is 78.9 Å². The predicted molar refractivity (Wildman–Crippen MR) is 90.8 cm³/mol. The molecular formula is C18H31OSi. The van der Waals surface area contributed by atoms with Crippen LogP contribution in [0, 0.1) is 6.07 Å². The monoisotopic (exact) mass is 291 g/mol. The number of benzene rings is 1. The van der Waals surface area contributed by atoms with Gasteiger partial charge in [0.25, 0.3) is 0 Å². The van der Waals surface area contributed by atoms with Gasteiger partial charge in [-0.2, -0.15) is 0 Å². The Morgan fingerprint density at radius 2 is 1.65 bits per heavy atom. The maximum atomic E-state index is 6.24. The summed E-state index contributed by atoms with van der Waals surface area (Å²) in [4.78, 5) is 0. The summed E-state index contributed by atoms with van der Waals surface area (Å²) in [5, 5.41) is 0.282. The van der Waals surface area contributed by atoms with E-state index in [1.54, 1.807) is 0 Å². The fourth-order valence-electron chi connectivity index (χ4n) is 1.73. The zero-order valence-electron chi connectivity index (χ0n) is 14.6. The van der Waals surface area contributed by atoms with E-state index in [-0.39, 0.29) is 10.5 Å². The average molecular weight is 292 g/mol. The Labute approximate surface area is 126 Å². The molecule has 2 heteroatoms. The normalized spacial score (nSPS) is 13.6. The maximum Gasteiger partial charge on any atom is 0.191 e. The fraction of sp³-hybridized carbons (Fsp3) is 0.667. The van der Waals surface area contributed by atoms with E-state index in [1.165, 1.54) is 11.1 Å². The molecule has 0 saturated carbocycles. The molecule has 0 aliphatic rings. The van der Waals surface area contributed by atoms with E-state index in [4.69, 9.17) is 4.43 Å². The third kappa shape index (κ3) is 4.74. The summed E-state index contributed by atoms with van der Waals surface area (Å²) in [7, 11) is -1.62. The SMILES string of the molecule is CC(C)(C)c1[c]c(CCO[Si](C)(C)C(C)(C)C)ccc1. The summed E-state index contributed by atoms with van der Waals surface area (Å²) in [5.74, 6) is 0. The van der Waals surface area contributed by atoms with Crippen molar-refractivity contribution in [2.75, 3.05) is 6.61 Å². The first-order chi connectivity index (χ1) is 8.93. The molecular weight excluding hydrogens is 260 g/mol. The highest BCUT2D eigenvalue weighted by molar-refractivity contribution is 6.74. The van der Waals surface area contributed by atoms with Gasteiger partial charge >= 0.3 is 0 Å². The first kappa shape index (κ1) is 17.4. The van der Waals surface area contributed by atoms with Gasteiger partial charge in [0, 0.05) is 6.61 Å². The van der Waals surface area contributed by atoms with Crippen molar-refractivity contribution in [2.45, 2.75) is 71.5 Å². The van der Waals surface area contributed by atoms with Gasteiger partial charge in [-0.25, -0.2) is 0 Å². The molecule has 1 aromatic rings. The molecule has 0 aliphatic carbocycles. The molecule has 0 N–H and O–H groups in total. The Morgan fingerprint density at radius 3 is 2.15 bits per heavy atom. The van der Waals surface area contributed by atoms with Gasteiger partial charge in [-0.3, -0.25) is 0 Å². The highest BCUT2D eigenvalue weighted by atomic mass is 28.4. The van der Waals surface area contributed by atoms with Crippen molar-refractivity contribution in [1.29, 1.82) is 0 Å². The Morgan fingerprint density at radius 1 is 1.05 bits per heavy atom. The topological polar surface area (TPSA) is 9.23 Å². The minimum atomic E-state index is -1.62. The smallest absolute Gasteiger partial charge is 0.191 e. The van der Waals surface area contributed by atoms with Crippen LogP contribution in [-0.2, 0) is 16.3 Å². The lowest BCUT2D eigenvalue weighted by molar-refractivity contribution is 0.292. The molecule has 113 valence electrons. The quantitative estimate of drug-likeness (QED) is 0.680. The Hall–Kier alpha value is -0.603. The number of hydrogen-bond acceptors (Lipinski definition) is 1. The molecule has 0 spiro atoms. The lowest BCUT2D eigenvalue weighted by atomic mass is 9.86. The van der Waals surface area contributed by atoms with Crippen molar-refractivity contribution >= 4 is 8.32 Å². The summed E-state index contributed by atoms with van der Waals surface area (Å²) in [6.07, 6.45) is 0.955. The Kier molecular flexibility index (Phi) is 5.26. The molecule has 0 amide bonds. The van der Waals surface area contributed by atoms with E-state index in [0.29, 0.717) is 0 Å². The van der Waals surface area contributed by atoms with Crippen LogP contribution >= 0.6 is 0 Å². The summed E-state index contributed by atoms with van der Waals surface area (Å²) < 4.78 is 6.24. The average Bonchev–Trinajstić information content (AvgIpc) is 2.26. The third-order valence-corrected chi connectivity index (χ3v) is 8.84. The molecule has 0 fully saturated rings. The van der Waals surface area contributed by atoms with Gasteiger partial charge in [-0.1, -0.05) is 59.7 Å². The highest BCUT2D eigenvalue weighted by Gasteiger charge is 2.36. The maximum absolute atomic E-state index is 6.24. The summed E-state index contributed by atoms with van der Waals surface area (Å²) in [6, 6.07) is 10.0. The lowest BCUT2D eigenvalue weighted by Crippen LogP contribution is -2.41. The molecule has 0 aromatic heterocycles. The fourth-order valence-corrected chi connectivity index (χ4v) is 2.78. The van der Waals surface area contributed by atoms with Crippen molar-refractivity contribution < 1.29 is 4.43 Å². The van der Waals surface area contributed by atoms with Crippen LogP contribution in [-0.4, -0.2) is 14.9 Å². The van der Waals surface area contributed by atoms with Crippen molar-refractivity contribution in [1.82, 2.24) is 0 Å². The van der Waals surface area contributed by atoms with Crippen molar-refractivity contribution in [3.63, 3.8) is 0 Å². The minimum Gasteiger partial charge on any atom is -0.416 e.